The zero-order valence-corrected chi connectivity index (χ0v) is 42.6. The number of nitrogens with two attached hydrogens (primary N) is 1. The molecule has 2 saturated carbocycles. The third-order valence-corrected chi connectivity index (χ3v) is 13.7. The summed E-state index contributed by atoms with van der Waals surface area (Å²) < 4.78 is 5.85. The average Bonchev–Trinajstić information content (AvgIpc) is 4.28. The second-order valence-corrected chi connectivity index (χ2v) is 19.4. The van der Waals surface area contributed by atoms with Crippen molar-refractivity contribution >= 4 is 124 Å². The summed E-state index contributed by atoms with van der Waals surface area (Å²) in [5.41, 5.74) is 12.4. The second kappa shape index (κ2) is 25.0. The molecule has 10 rings (SSSR count). The number of nitrogens with zero attached hydrogens (tertiary/aromatic N) is 5. The Morgan fingerprint density at radius 1 is 0.800 bits per heavy atom. The van der Waals surface area contributed by atoms with Crippen molar-refractivity contribution in [2.45, 2.75) is 64.5 Å². The number of amides is 1. The van der Waals surface area contributed by atoms with Crippen LogP contribution in [-0.4, -0.2) is 69.1 Å². The van der Waals surface area contributed by atoms with Crippen molar-refractivity contribution in [3.8, 4) is 11.4 Å². The normalized spacial score (nSPS) is 12.4. The minimum atomic E-state index is -1.01. The van der Waals surface area contributed by atoms with Crippen LogP contribution in [0, 0.1) is 11.7 Å². The van der Waals surface area contributed by atoms with Gasteiger partial charge in [-0.2, -0.15) is 0 Å². The van der Waals surface area contributed by atoms with Gasteiger partial charge in [-0.3, -0.25) is 19.0 Å². The molecule has 13 nitrogen and oxygen atoms in total. The zero-order chi connectivity index (χ0) is 48.6. The van der Waals surface area contributed by atoms with Crippen molar-refractivity contribution in [3.05, 3.63) is 168 Å². The summed E-state index contributed by atoms with van der Waals surface area (Å²) in [6.07, 6.45) is 5.16. The summed E-state index contributed by atoms with van der Waals surface area (Å²) in [5.74, 6) is 0.468. The third-order valence-electron chi connectivity index (χ3n) is 10.8. The molecule has 0 radical (unpaired) electrons. The number of carboxylic acids is 1. The number of H-pyrrole nitrogens is 1. The highest BCUT2D eigenvalue weighted by Crippen LogP contribution is 2.45. The Morgan fingerprint density at radius 2 is 1.36 bits per heavy atom. The molecule has 6 aromatic carbocycles. The van der Waals surface area contributed by atoms with E-state index in [0.29, 0.717) is 42.3 Å². The van der Waals surface area contributed by atoms with E-state index in [-0.39, 0.29) is 31.2 Å². The molecule has 8 aromatic rings. The van der Waals surface area contributed by atoms with Crippen molar-refractivity contribution in [1.29, 1.82) is 0 Å². The second-order valence-electron chi connectivity index (χ2n) is 15.8. The highest BCUT2D eigenvalue weighted by Gasteiger charge is 2.27. The molecule has 0 aliphatic heterocycles. The quantitative estimate of drug-likeness (QED) is 0.0330. The van der Waals surface area contributed by atoms with Gasteiger partial charge in [-0.15, -0.1) is 15.3 Å². The van der Waals surface area contributed by atoms with Gasteiger partial charge in [-0.05, 0) is 158 Å². The van der Waals surface area contributed by atoms with Crippen LogP contribution in [-0.2, 0) is 4.79 Å². The van der Waals surface area contributed by atoms with Gasteiger partial charge in [0.05, 0.1) is 49.9 Å². The average molecular weight is 1150 g/mol. The van der Waals surface area contributed by atoms with Gasteiger partial charge >= 0.3 is 5.97 Å². The van der Waals surface area contributed by atoms with E-state index >= 15 is 0 Å². The molecule has 7 N–H and O–H groups in total. The Hall–Kier alpha value is -5.53. The summed E-state index contributed by atoms with van der Waals surface area (Å²) in [4.78, 5) is 21.2. The predicted octanol–water partition coefficient (Wildman–Crippen LogP) is 14.4. The Bertz CT molecular complexity index is 3230. The van der Waals surface area contributed by atoms with Gasteiger partial charge in [-0.25, -0.2) is 4.79 Å². The van der Waals surface area contributed by atoms with Crippen molar-refractivity contribution < 1.29 is 24.9 Å². The molecule has 1 amide bonds. The molecule has 2 aromatic heterocycles. The number of carbonyl (C=O) groups excluding carboxylic acids is 1. The van der Waals surface area contributed by atoms with Crippen LogP contribution in [0.5, 0.6) is 0 Å². The highest BCUT2D eigenvalue weighted by molar-refractivity contribution is 9.10. The van der Waals surface area contributed by atoms with Gasteiger partial charge < -0.3 is 26.4 Å². The number of nitrogens with one attached hydrogen (secondary N) is 2. The van der Waals surface area contributed by atoms with Crippen LogP contribution in [0.3, 0.4) is 0 Å². The molecule has 366 valence electrons. The lowest BCUT2D eigenvalue weighted by molar-refractivity contribution is -0.118. The van der Waals surface area contributed by atoms with Gasteiger partial charge in [-0.1, -0.05) is 123 Å². The van der Waals surface area contributed by atoms with Crippen LogP contribution in [0.1, 0.15) is 79.4 Å². The number of aliphatic hydroxyl groups is 2. The first-order valence-corrected chi connectivity index (χ1v) is 24.8. The molecule has 2 aliphatic carbocycles. The first-order valence-electron chi connectivity index (χ1n) is 21.1. The van der Waals surface area contributed by atoms with Crippen molar-refractivity contribution in [2.75, 3.05) is 23.4 Å². The summed E-state index contributed by atoms with van der Waals surface area (Å²) in [5, 5.41) is 50.6. The summed E-state index contributed by atoms with van der Waals surface area (Å²) >= 11 is 25.1. The Kier molecular flexibility index (Phi) is 19.8. The number of hydrogen-bond donors (Lipinski definition) is 6. The molecule has 2 heterocycles. The van der Waals surface area contributed by atoms with Gasteiger partial charge in [0.1, 0.15) is 6.61 Å². The predicted molar refractivity (Wildman–Crippen MR) is 295 cm³/mol. The molecule has 19 heteroatoms. The summed E-state index contributed by atoms with van der Waals surface area (Å²) in [7, 11) is 0. The monoisotopic (exact) mass is 1150 g/mol. The van der Waals surface area contributed by atoms with E-state index in [4.69, 9.17) is 51.4 Å². The molecular formula is C51H52Br2Cl2N8O5S2. The van der Waals surface area contributed by atoms with E-state index in [1.807, 2.05) is 22.1 Å². The fraction of sp³-hybridized carbons (Fsp3) is 0.216. The maximum Gasteiger partial charge on any atom is 0.335 e. The minimum Gasteiger partial charge on any atom is -0.512 e. The number of thioether (sulfide) groups is 1. The number of anilines is 2. The highest BCUT2D eigenvalue weighted by atomic mass is 79.9. The first kappa shape index (κ1) is 55.4. The minimum absolute atomic E-state index is 0. The number of aliphatic hydroxyl groups excluding tert-OH is 2. The lowest BCUT2D eigenvalue weighted by Crippen LogP contribution is -2.15. The largest absolute Gasteiger partial charge is 0.512 e. The number of fused-ring (bicyclic) bond motifs is 2. The first-order chi connectivity index (χ1) is 32.6. The van der Waals surface area contributed by atoms with Crippen LogP contribution in [0.2, 0.25) is 10.0 Å². The SMILES string of the molecule is C.C.C=C(O)CSc1nnc(Br)n1-c1ccc(C2CC2)c2ccccc12.Cc1ccc(NC(=O)CO)c(Cl)c1.Nc1ccc(C(=O)O)cc1Cl.S=c1[nH]nc(Br)n1-c1ccc(C2CC2)c2ccccc12. The number of aromatic amines is 1. The van der Waals surface area contributed by atoms with Gasteiger partial charge in [0, 0.05) is 10.8 Å². The number of carboxylic acid groups (broad SMARTS) is 1. The molecule has 0 spiro atoms. The number of benzene rings is 6. The smallest absolute Gasteiger partial charge is 0.335 e. The number of halogens is 4. The number of nitrogen functional groups attached to an aromatic ring is 1. The zero-order valence-electron chi connectivity index (χ0n) is 36.3. The lowest BCUT2D eigenvalue weighted by Gasteiger charge is -2.13. The number of hydrogen-bond acceptors (Lipinski definition) is 10. The fourth-order valence-corrected chi connectivity index (χ4v) is 9.79. The lowest BCUT2D eigenvalue weighted by atomic mass is 9.99. The van der Waals surface area contributed by atoms with E-state index < -0.39 is 18.5 Å². The van der Waals surface area contributed by atoms with Crippen LogP contribution >= 0.6 is 79.0 Å². The van der Waals surface area contributed by atoms with Crippen molar-refractivity contribution in [3.63, 3.8) is 0 Å². The van der Waals surface area contributed by atoms with E-state index in [9.17, 15) is 14.7 Å². The number of carbonyl (C=O) groups is 2. The molecule has 2 aliphatic rings. The summed E-state index contributed by atoms with van der Waals surface area (Å²) in [6.45, 7) is 4.90. The summed E-state index contributed by atoms with van der Waals surface area (Å²) in [6, 6.07) is 35.2. The van der Waals surface area contributed by atoms with E-state index in [1.165, 1.54) is 88.3 Å². The van der Waals surface area contributed by atoms with Gasteiger partial charge in [0.25, 0.3) is 0 Å². The van der Waals surface area contributed by atoms with Crippen LogP contribution in [0.4, 0.5) is 11.4 Å². The maximum absolute atomic E-state index is 10.8. The number of aryl methyl sites for hydroxylation is 1. The Balaban J connectivity index is 0.000000180. The van der Waals surface area contributed by atoms with E-state index in [0.717, 1.165) is 28.0 Å². The third kappa shape index (κ3) is 13.7. The molecule has 0 saturated heterocycles. The van der Waals surface area contributed by atoms with Gasteiger partial charge in [0.15, 0.2) is 5.16 Å². The fourth-order valence-electron chi connectivity index (χ4n) is 7.26. The van der Waals surface area contributed by atoms with Crippen LogP contribution in [0.25, 0.3) is 32.9 Å². The maximum atomic E-state index is 10.8. The van der Waals surface area contributed by atoms with Gasteiger partial charge in [0.2, 0.25) is 20.1 Å². The number of aromatic nitrogens is 6. The van der Waals surface area contributed by atoms with Crippen molar-refractivity contribution in [2.24, 2.45) is 0 Å². The van der Waals surface area contributed by atoms with Crippen molar-refractivity contribution in [1.82, 2.24) is 29.5 Å². The number of rotatable bonds is 10. The molecule has 70 heavy (non-hydrogen) atoms. The number of aromatic carboxylic acids is 1. The molecule has 0 unspecified atom stereocenters. The molecule has 2 fully saturated rings. The molecule has 0 bridgehead atoms. The van der Waals surface area contributed by atoms with E-state index in [1.54, 1.807) is 12.1 Å². The van der Waals surface area contributed by atoms with Crippen LogP contribution in [0.15, 0.2) is 136 Å². The molecule has 0 atom stereocenters. The topological polar surface area (TPSA) is 197 Å². The van der Waals surface area contributed by atoms with E-state index in [2.05, 4.69) is 137 Å². The standard InChI is InChI=1S/C18H16BrN3OS.C15H12BrN3S.C9H10ClNO2.C7H6ClNO2.2CH4/c1-11(23)10-24-18-21-20-17(19)22(18)16-9-8-13(12-6-7-12)14-4-2-3-5-15(14)16;16-14-17-18-15(20)19(14)13-8-7-10(9-5-6-9)11-3-1-2-4-12(11)13;1-6-2-3-8(7(10)4-6)11-9(13)5-12;8-5-3-4(7(10)11)1-2-6(5)9;;/h2-5,8-9,12,23H,1,6-7,10H2;1-4,7-9H,5-6H2,(H,18,20);2-4,12H,5H2,1H3,(H,11,13);1-3H,9H2,(H,10,11);2*1H4. The molecular weight excluding hydrogens is 1100 g/mol. The van der Waals surface area contributed by atoms with Crippen LogP contribution < -0.4 is 11.1 Å². The Labute approximate surface area is 442 Å². The Morgan fingerprint density at radius 3 is 1.83 bits per heavy atom.